The monoisotopic (exact) mass is 227 g/mol. The molecule has 1 aromatic carbocycles. The Morgan fingerprint density at radius 1 is 1.29 bits per heavy atom. The molecule has 0 radical (unpaired) electrons. The lowest BCUT2D eigenvalue weighted by Gasteiger charge is -2.21. The summed E-state index contributed by atoms with van der Waals surface area (Å²) in [7, 11) is 0. The highest BCUT2D eigenvalue weighted by Gasteiger charge is 2.36. The van der Waals surface area contributed by atoms with Crippen LogP contribution in [0.2, 0.25) is 0 Å². The second kappa shape index (κ2) is 3.20. The Kier molecular flexibility index (Phi) is 1.77. The van der Waals surface area contributed by atoms with Crippen molar-refractivity contribution in [3.8, 4) is 5.88 Å². The van der Waals surface area contributed by atoms with Crippen molar-refractivity contribution in [3.63, 3.8) is 0 Å². The predicted octanol–water partition coefficient (Wildman–Crippen LogP) is 2.77. The Labute approximate surface area is 99.4 Å². The van der Waals surface area contributed by atoms with Crippen LogP contribution in [0.5, 0.6) is 5.88 Å². The van der Waals surface area contributed by atoms with Crippen LogP contribution in [0.3, 0.4) is 0 Å². The number of rotatable bonds is 0. The number of fused-ring (bicyclic) bond motifs is 5. The fraction of sp³-hybridized carbons (Fsp3) is 0.357. The summed E-state index contributed by atoms with van der Waals surface area (Å²) in [5.74, 6) is 0.766. The second-order valence-electron chi connectivity index (χ2n) is 4.88. The minimum absolute atomic E-state index is 0.182. The average molecular weight is 227 g/mol. The van der Waals surface area contributed by atoms with Gasteiger partial charge in [-0.25, -0.2) is 4.98 Å². The van der Waals surface area contributed by atoms with E-state index in [2.05, 4.69) is 36.2 Å². The van der Waals surface area contributed by atoms with Crippen LogP contribution >= 0.6 is 0 Å². The highest BCUT2D eigenvalue weighted by molar-refractivity contribution is 5.81. The van der Waals surface area contributed by atoms with Gasteiger partial charge in [0.1, 0.15) is 6.10 Å². The summed E-state index contributed by atoms with van der Waals surface area (Å²) in [5, 5.41) is 1.16. The van der Waals surface area contributed by atoms with Crippen molar-refractivity contribution in [1.82, 2.24) is 4.98 Å². The van der Waals surface area contributed by atoms with Crippen molar-refractivity contribution in [3.05, 3.63) is 35.4 Å². The first kappa shape index (κ1) is 9.42. The molecule has 0 N–H and O–H groups in total. The summed E-state index contributed by atoms with van der Waals surface area (Å²) >= 11 is 0. The van der Waals surface area contributed by atoms with Gasteiger partial charge >= 0.3 is 0 Å². The van der Waals surface area contributed by atoms with Gasteiger partial charge in [-0.3, -0.25) is 0 Å². The molecule has 86 valence electrons. The molecule has 1 saturated heterocycles. The summed E-state index contributed by atoms with van der Waals surface area (Å²) in [5.41, 5.74) is 3.33. The number of aryl methyl sites for hydroxylation is 1. The third-order valence-corrected chi connectivity index (χ3v) is 3.55. The van der Waals surface area contributed by atoms with Crippen molar-refractivity contribution in [2.45, 2.75) is 25.6 Å². The molecule has 2 aliphatic rings. The molecule has 0 amide bonds. The van der Waals surface area contributed by atoms with Crippen LogP contribution < -0.4 is 4.74 Å². The number of nitrogens with zero attached hydrogens (tertiary/aromatic N) is 1. The Morgan fingerprint density at radius 3 is 3.18 bits per heavy atom. The van der Waals surface area contributed by atoms with Gasteiger partial charge in [0, 0.05) is 17.4 Å². The second-order valence-corrected chi connectivity index (χ2v) is 4.88. The fourth-order valence-electron chi connectivity index (χ4n) is 2.66. The van der Waals surface area contributed by atoms with Crippen LogP contribution in [0.1, 0.15) is 23.7 Å². The zero-order chi connectivity index (χ0) is 11.4. The fourth-order valence-corrected chi connectivity index (χ4v) is 2.66. The molecule has 2 unspecified atom stereocenters. The first-order valence-electron chi connectivity index (χ1n) is 5.99. The lowest BCUT2D eigenvalue weighted by molar-refractivity contribution is 0.109. The molecule has 3 heterocycles. The van der Waals surface area contributed by atoms with Gasteiger partial charge in [-0.1, -0.05) is 12.1 Å². The molecule has 2 atom stereocenters. The maximum absolute atomic E-state index is 5.83. The third-order valence-electron chi connectivity index (χ3n) is 3.55. The van der Waals surface area contributed by atoms with Crippen LogP contribution in [-0.4, -0.2) is 17.7 Å². The molecule has 4 rings (SSSR count). The SMILES string of the molecule is Cc1ccc2cc3c(nc2c1)OC1COC3C1. The van der Waals surface area contributed by atoms with E-state index < -0.39 is 0 Å². The minimum Gasteiger partial charge on any atom is -0.471 e. The number of ether oxygens (including phenoxy) is 2. The highest BCUT2D eigenvalue weighted by atomic mass is 16.6. The largest absolute Gasteiger partial charge is 0.471 e. The highest BCUT2D eigenvalue weighted by Crippen LogP contribution is 2.41. The van der Waals surface area contributed by atoms with Crippen molar-refractivity contribution in [2.75, 3.05) is 6.61 Å². The first-order valence-corrected chi connectivity index (χ1v) is 5.99. The van der Waals surface area contributed by atoms with Crippen LogP contribution in [0.25, 0.3) is 10.9 Å². The van der Waals surface area contributed by atoms with Gasteiger partial charge < -0.3 is 9.47 Å². The Hall–Kier alpha value is -1.61. The third kappa shape index (κ3) is 1.35. The van der Waals surface area contributed by atoms with Crippen molar-refractivity contribution >= 4 is 10.9 Å². The maximum Gasteiger partial charge on any atom is 0.220 e. The van der Waals surface area contributed by atoms with Crippen molar-refractivity contribution in [1.29, 1.82) is 0 Å². The number of hydrogen-bond donors (Lipinski definition) is 0. The van der Waals surface area contributed by atoms with Gasteiger partial charge in [0.15, 0.2) is 0 Å². The summed E-state index contributed by atoms with van der Waals surface area (Å²) in [4.78, 5) is 4.62. The number of aromatic nitrogens is 1. The van der Waals surface area contributed by atoms with E-state index in [1.807, 2.05) is 0 Å². The van der Waals surface area contributed by atoms with E-state index in [9.17, 15) is 0 Å². The molecule has 3 nitrogen and oxygen atoms in total. The molecule has 0 spiro atoms. The van der Waals surface area contributed by atoms with Gasteiger partial charge in [0.05, 0.1) is 18.2 Å². The van der Waals surface area contributed by atoms with Crippen LogP contribution in [0.15, 0.2) is 24.3 Å². The zero-order valence-corrected chi connectivity index (χ0v) is 9.64. The number of hydrogen-bond acceptors (Lipinski definition) is 3. The summed E-state index contributed by atoms with van der Waals surface area (Å²) in [6, 6.07) is 8.47. The summed E-state index contributed by atoms with van der Waals surface area (Å²) < 4.78 is 11.5. The minimum atomic E-state index is 0.182. The number of benzene rings is 1. The Bertz CT molecular complexity index is 608. The molecule has 17 heavy (non-hydrogen) atoms. The molecule has 2 aliphatic heterocycles. The summed E-state index contributed by atoms with van der Waals surface area (Å²) in [6.45, 7) is 2.77. The molecule has 2 aromatic rings. The van der Waals surface area contributed by atoms with E-state index in [1.54, 1.807) is 0 Å². The molecule has 1 aromatic heterocycles. The maximum atomic E-state index is 5.83. The molecule has 2 bridgehead atoms. The van der Waals surface area contributed by atoms with Crippen molar-refractivity contribution in [2.24, 2.45) is 0 Å². The van der Waals surface area contributed by atoms with Gasteiger partial charge in [-0.15, -0.1) is 0 Å². The Morgan fingerprint density at radius 2 is 2.24 bits per heavy atom. The van der Waals surface area contributed by atoms with Crippen LogP contribution in [0, 0.1) is 6.92 Å². The van der Waals surface area contributed by atoms with E-state index >= 15 is 0 Å². The molecule has 0 aliphatic carbocycles. The van der Waals surface area contributed by atoms with Gasteiger partial charge in [0.25, 0.3) is 0 Å². The molecular formula is C14H13NO2. The lowest BCUT2D eigenvalue weighted by atomic mass is 10.0. The molecule has 0 saturated carbocycles. The van der Waals surface area contributed by atoms with Crippen LogP contribution in [-0.2, 0) is 4.74 Å². The van der Waals surface area contributed by atoms with E-state index in [4.69, 9.17) is 9.47 Å². The number of pyridine rings is 1. The smallest absolute Gasteiger partial charge is 0.220 e. The lowest BCUT2D eigenvalue weighted by Crippen LogP contribution is -2.20. The van der Waals surface area contributed by atoms with Gasteiger partial charge in [-0.2, -0.15) is 0 Å². The van der Waals surface area contributed by atoms with E-state index in [0.29, 0.717) is 6.61 Å². The topological polar surface area (TPSA) is 31.4 Å². The standard InChI is InChI=1S/C14H13NO2/c1-8-2-3-9-5-11-13-6-10(7-16-13)17-14(11)15-12(9)4-8/h2-5,10,13H,6-7H2,1H3. The van der Waals surface area contributed by atoms with Gasteiger partial charge in [0.2, 0.25) is 5.88 Å². The van der Waals surface area contributed by atoms with E-state index in [0.717, 1.165) is 28.8 Å². The van der Waals surface area contributed by atoms with Crippen molar-refractivity contribution < 1.29 is 9.47 Å². The molecular weight excluding hydrogens is 214 g/mol. The predicted molar refractivity (Wildman–Crippen MR) is 64.2 cm³/mol. The molecule has 1 fully saturated rings. The summed E-state index contributed by atoms with van der Waals surface area (Å²) in [6.07, 6.45) is 1.34. The molecule has 3 heteroatoms. The van der Waals surface area contributed by atoms with Crippen LogP contribution in [0.4, 0.5) is 0 Å². The normalized spacial score (nSPS) is 25.7. The van der Waals surface area contributed by atoms with Gasteiger partial charge in [-0.05, 0) is 24.6 Å². The van der Waals surface area contributed by atoms with E-state index in [-0.39, 0.29) is 12.2 Å². The quantitative estimate of drug-likeness (QED) is 0.693. The Balaban J connectivity index is 1.97. The average Bonchev–Trinajstić information content (AvgIpc) is 2.70. The first-order chi connectivity index (χ1) is 8.29. The zero-order valence-electron chi connectivity index (χ0n) is 9.64. The van der Waals surface area contributed by atoms with E-state index in [1.165, 1.54) is 5.56 Å².